The summed E-state index contributed by atoms with van der Waals surface area (Å²) >= 11 is 0. The number of aromatic nitrogens is 5. The maximum absolute atomic E-state index is 12.5. The Morgan fingerprint density at radius 2 is 2.19 bits per heavy atom. The van der Waals surface area contributed by atoms with Crippen LogP contribution in [-0.2, 0) is 31.1 Å². The van der Waals surface area contributed by atoms with Crippen molar-refractivity contribution >= 4 is 17.4 Å². The number of rotatable bonds is 4. The van der Waals surface area contributed by atoms with Crippen molar-refractivity contribution in [3.63, 3.8) is 0 Å². The van der Waals surface area contributed by atoms with Crippen molar-refractivity contribution in [3.05, 3.63) is 40.0 Å². The van der Waals surface area contributed by atoms with Crippen LogP contribution in [0.3, 0.4) is 0 Å². The number of hydrogen-bond acceptors (Lipinski definition) is 5. The molecule has 8 heteroatoms. The van der Waals surface area contributed by atoms with E-state index in [0.29, 0.717) is 24.1 Å². The van der Waals surface area contributed by atoms with Crippen LogP contribution in [0.1, 0.15) is 46.6 Å². The maximum Gasteiger partial charge on any atom is 0.225 e. The average Bonchev–Trinajstić information content (AvgIpc) is 3.31. The molecular formula is C19H21N7O. The third-order valence-electron chi connectivity index (χ3n) is 5.26. The van der Waals surface area contributed by atoms with E-state index in [-0.39, 0.29) is 5.91 Å². The molecule has 27 heavy (non-hydrogen) atoms. The van der Waals surface area contributed by atoms with E-state index in [0.717, 1.165) is 47.7 Å². The molecule has 1 aliphatic carbocycles. The van der Waals surface area contributed by atoms with E-state index in [1.165, 1.54) is 11.8 Å². The molecule has 3 heterocycles. The Morgan fingerprint density at radius 3 is 2.96 bits per heavy atom. The SMILES string of the molecule is Cc1nc2c(C#N)cnn2c(C)c1CCC(=O)Nc1c2c(nn1C)CCC2. The second-order valence-electron chi connectivity index (χ2n) is 6.97. The highest BCUT2D eigenvalue weighted by Crippen LogP contribution is 2.28. The van der Waals surface area contributed by atoms with Gasteiger partial charge in [0.1, 0.15) is 17.5 Å². The molecule has 8 nitrogen and oxygen atoms in total. The quantitative estimate of drug-likeness (QED) is 0.764. The summed E-state index contributed by atoms with van der Waals surface area (Å²) in [6.07, 6.45) is 5.49. The van der Waals surface area contributed by atoms with Crippen LogP contribution in [0.4, 0.5) is 5.82 Å². The van der Waals surface area contributed by atoms with Crippen molar-refractivity contribution in [2.45, 2.75) is 46.0 Å². The Morgan fingerprint density at radius 1 is 1.37 bits per heavy atom. The smallest absolute Gasteiger partial charge is 0.225 e. The van der Waals surface area contributed by atoms with Crippen LogP contribution in [0.5, 0.6) is 0 Å². The normalized spacial score (nSPS) is 13.0. The van der Waals surface area contributed by atoms with E-state index in [9.17, 15) is 4.79 Å². The summed E-state index contributed by atoms with van der Waals surface area (Å²) in [4.78, 5) is 17.0. The summed E-state index contributed by atoms with van der Waals surface area (Å²) in [5, 5.41) is 20.9. The highest BCUT2D eigenvalue weighted by Gasteiger charge is 2.22. The largest absolute Gasteiger partial charge is 0.311 e. The van der Waals surface area contributed by atoms with E-state index in [2.05, 4.69) is 26.6 Å². The summed E-state index contributed by atoms with van der Waals surface area (Å²) in [6.45, 7) is 3.85. The number of fused-ring (bicyclic) bond motifs is 2. The number of nitriles is 1. The van der Waals surface area contributed by atoms with Crippen molar-refractivity contribution < 1.29 is 4.79 Å². The number of hydrogen-bond donors (Lipinski definition) is 1. The van der Waals surface area contributed by atoms with E-state index < -0.39 is 0 Å². The minimum absolute atomic E-state index is 0.0372. The predicted molar refractivity (Wildman–Crippen MR) is 99.4 cm³/mol. The zero-order valence-corrected chi connectivity index (χ0v) is 15.7. The summed E-state index contributed by atoms with van der Waals surface area (Å²) in [5.74, 6) is 0.782. The van der Waals surface area contributed by atoms with Crippen molar-refractivity contribution in [1.29, 1.82) is 5.26 Å². The summed E-state index contributed by atoms with van der Waals surface area (Å²) in [6, 6.07) is 2.11. The molecule has 0 aliphatic heterocycles. The standard InChI is InChI=1S/C19H21N7O/c1-11-14(12(2)26-18(22-11)13(9-20)10-21-26)7-8-17(27)23-19-15-5-4-6-16(15)24-25(19)3/h10H,4-8H2,1-3H3,(H,23,27). The number of anilines is 1. The van der Waals surface area contributed by atoms with E-state index in [1.54, 1.807) is 9.20 Å². The first-order valence-electron chi connectivity index (χ1n) is 9.08. The highest BCUT2D eigenvalue weighted by molar-refractivity contribution is 5.91. The molecule has 4 rings (SSSR count). The van der Waals surface area contributed by atoms with Gasteiger partial charge in [0.15, 0.2) is 5.65 Å². The lowest BCUT2D eigenvalue weighted by atomic mass is 10.1. The third-order valence-corrected chi connectivity index (χ3v) is 5.26. The lowest BCUT2D eigenvalue weighted by Gasteiger charge is -2.12. The first-order chi connectivity index (χ1) is 13.0. The van der Waals surface area contributed by atoms with Crippen LogP contribution in [0.15, 0.2) is 6.20 Å². The van der Waals surface area contributed by atoms with Gasteiger partial charge in [-0.1, -0.05) is 0 Å². The Labute approximate surface area is 156 Å². The fraction of sp³-hybridized carbons (Fsp3) is 0.421. The van der Waals surface area contributed by atoms with Gasteiger partial charge in [0.2, 0.25) is 5.91 Å². The Bertz CT molecular complexity index is 1100. The minimum atomic E-state index is -0.0372. The molecular weight excluding hydrogens is 342 g/mol. The van der Waals surface area contributed by atoms with Crippen LogP contribution in [0.25, 0.3) is 5.65 Å². The zero-order chi connectivity index (χ0) is 19.1. The molecule has 0 unspecified atom stereocenters. The van der Waals surface area contributed by atoms with Crippen LogP contribution in [0.2, 0.25) is 0 Å². The van der Waals surface area contributed by atoms with Gasteiger partial charge in [0.05, 0.1) is 11.9 Å². The van der Waals surface area contributed by atoms with Gasteiger partial charge in [-0.3, -0.25) is 9.48 Å². The summed E-state index contributed by atoms with van der Waals surface area (Å²) in [5.41, 5.74) is 6.00. The van der Waals surface area contributed by atoms with Gasteiger partial charge < -0.3 is 5.32 Å². The van der Waals surface area contributed by atoms with Crippen LogP contribution >= 0.6 is 0 Å². The van der Waals surface area contributed by atoms with Crippen LogP contribution in [-0.4, -0.2) is 30.3 Å². The fourth-order valence-electron chi connectivity index (χ4n) is 3.86. The molecule has 0 saturated heterocycles. The molecule has 0 spiro atoms. The molecule has 0 bridgehead atoms. The highest BCUT2D eigenvalue weighted by atomic mass is 16.1. The molecule has 0 saturated carbocycles. The molecule has 1 amide bonds. The molecule has 0 radical (unpaired) electrons. The zero-order valence-electron chi connectivity index (χ0n) is 15.7. The molecule has 0 aromatic carbocycles. The lowest BCUT2D eigenvalue weighted by molar-refractivity contribution is -0.116. The molecule has 0 fully saturated rings. The topological polar surface area (TPSA) is 101 Å². The van der Waals surface area contributed by atoms with Gasteiger partial charge in [0.25, 0.3) is 0 Å². The van der Waals surface area contributed by atoms with Gasteiger partial charge in [-0.05, 0) is 45.1 Å². The average molecular weight is 363 g/mol. The predicted octanol–water partition coefficient (Wildman–Crippen LogP) is 2.01. The number of amides is 1. The number of carbonyl (C=O) groups is 1. The number of aryl methyl sites for hydroxylation is 4. The first-order valence-corrected chi connectivity index (χ1v) is 9.08. The van der Waals surface area contributed by atoms with Gasteiger partial charge in [0, 0.05) is 30.4 Å². The molecule has 3 aromatic rings. The summed E-state index contributed by atoms with van der Waals surface area (Å²) < 4.78 is 3.44. The van der Waals surface area contributed by atoms with Crippen molar-refractivity contribution in [2.24, 2.45) is 7.05 Å². The lowest BCUT2D eigenvalue weighted by Crippen LogP contribution is -2.17. The van der Waals surface area contributed by atoms with Crippen LogP contribution in [0, 0.1) is 25.2 Å². The van der Waals surface area contributed by atoms with Crippen LogP contribution < -0.4 is 5.32 Å². The second kappa shape index (κ2) is 6.50. The van der Waals surface area contributed by atoms with Gasteiger partial charge in [-0.25, -0.2) is 9.50 Å². The van der Waals surface area contributed by atoms with E-state index >= 15 is 0 Å². The Hall–Kier alpha value is -3.21. The first kappa shape index (κ1) is 17.2. The monoisotopic (exact) mass is 363 g/mol. The molecule has 3 aromatic heterocycles. The second-order valence-corrected chi connectivity index (χ2v) is 6.97. The maximum atomic E-state index is 12.5. The summed E-state index contributed by atoms with van der Waals surface area (Å²) in [7, 11) is 1.87. The van der Waals surface area contributed by atoms with E-state index in [1.807, 2.05) is 20.9 Å². The van der Waals surface area contributed by atoms with E-state index in [4.69, 9.17) is 5.26 Å². The van der Waals surface area contributed by atoms with Gasteiger partial charge in [-0.15, -0.1) is 0 Å². The van der Waals surface area contributed by atoms with Crippen molar-refractivity contribution in [1.82, 2.24) is 24.4 Å². The third kappa shape index (κ3) is 2.85. The van der Waals surface area contributed by atoms with Gasteiger partial charge >= 0.3 is 0 Å². The minimum Gasteiger partial charge on any atom is -0.311 e. The van der Waals surface area contributed by atoms with Crippen molar-refractivity contribution in [2.75, 3.05) is 5.32 Å². The number of nitrogens with zero attached hydrogens (tertiary/aromatic N) is 6. The molecule has 0 atom stereocenters. The number of nitrogens with one attached hydrogen (secondary N) is 1. The molecule has 138 valence electrons. The fourth-order valence-corrected chi connectivity index (χ4v) is 3.86. The Balaban J connectivity index is 1.52. The van der Waals surface area contributed by atoms with Gasteiger partial charge in [-0.2, -0.15) is 15.5 Å². The van der Waals surface area contributed by atoms with Crippen molar-refractivity contribution in [3.8, 4) is 6.07 Å². The molecule has 1 N–H and O–H groups in total. The Kier molecular flexibility index (Phi) is 4.15. The number of carbonyl (C=O) groups excluding carboxylic acids is 1. The molecule has 1 aliphatic rings.